The smallest absolute Gasteiger partial charge is 0.289 e. The van der Waals surface area contributed by atoms with Gasteiger partial charge in [0.2, 0.25) is 0 Å². The van der Waals surface area contributed by atoms with Crippen molar-refractivity contribution in [1.29, 1.82) is 0 Å². The first-order valence-electron chi connectivity index (χ1n) is 6.62. The lowest BCUT2D eigenvalue weighted by Crippen LogP contribution is -2.16. The number of amides is 1. The summed E-state index contributed by atoms with van der Waals surface area (Å²) in [6.45, 7) is 2.96. The van der Waals surface area contributed by atoms with E-state index >= 15 is 0 Å². The van der Waals surface area contributed by atoms with Crippen LogP contribution in [0.15, 0.2) is 41.4 Å². The van der Waals surface area contributed by atoms with Gasteiger partial charge in [-0.05, 0) is 30.7 Å². The van der Waals surface area contributed by atoms with Gasteiger partial charge in [0, 0.05) is 6.54 Å². The van der Waals surface area contributed by atoms with Gasteiger partial charge in [0.15, 0.2) is 4.80 Å². The van der Waals surface area contributed by atoms with E-state index in [9.17, 15) is 4.79 Å². The molecule has 0 spiro atoms. The van der Waals surface area contributed by atoms with Gasteiger partial charge in [0.1, 0.15) is 0 Å². The van der Waals surface area contributed by atoms with Gasteiger partial charge in [0.25, 0.3) is 5.91 Å². The van der Waals surface area contributed by atoms with E-state index in [2.05, 4.69) is 28.6 Å². The van der Waals surface area contributed by atoms with E-state index in [0.29, 0.717) is 9.21 Å². The molecule has 0 bridgehead atoms. The minimum absolute atomic E-state index is 0.233. The van der Waals surface area contributed by atoms with Crippen LogP contribution in [0.2, 0.25) is 4.34 Å². The van der Waals surface area contributed by atoms with E-state index in [4.69, 9.17) is 11.6 Å². The number of halogens is 1. The Morgan fingerprint density at radius 1 is 1.24 bits per heavy atom. The van der Waals surface area contributed by atoms with Gasteiger partial charge < -0.3 is 4.57 Å². The predicted octanol–water partition coefficient (Wildman–Crippen LogP) is 4.57. The number of hydrogen-bond acceptors (Lipinski definition) is 3. The van der Waals surface area contributed by atoms with Crippen molar-refractivity contribution >= 4 is 50.4 Å². The number of carbonyl (C=O) groups excluding carboxylic acids is 1. The van der Waals surface area contributed by atoms with E-state index in [0.717, 1.165) is 28.0 Å². The SMILES string of the molecule is CCCn1c(=NC(=O)c2ccc(Cl)s2)sc2ccccc21. The summed E-state index contributed by atoms with van der Waals surface area (Å²) in [6, 6.07) is 11.6. The monoisotopic (exact) mass is 336 g/mol. The van der Waals surface area contributed by atoms with Crippen LogP contribution >= 0.6 is 34.3 Å². The van der Waals surface area contributed by atoms with Crippen LogP contribution in [0.1, 0.15) is 23.0 Å². The van der Waals surface area contributed by atoms with Gasteiger partial charge in [-0.25, -0.2) is 0 Å². The predicted molar refractivity (Wildman–Crippen MR) is 89.3 cm³/mol. The molecule has 0 aliphatic rings. The Morgan fingerprint density at radius 2 is 2.05 bits per heavy atom. The Morgan fingerprint density at radius 3 is 2.76 bits per heavy atom. The number of thiazole rings is 1. The second kappa shape index (κ2) is 6.13. The zero-order chi connectivity index (χ0) is 14.8. The molecule has 2 heterocycles. The van der Waals surface area contributed by atoms with Crippen molar-refractivity contribution in [3.63, 3.8) is 0 Å². The Bertz CT molecular complexity index is 860. The highest BCUT2D eigenvalue weighted by Crippen LogP contribution is 2.22. The van der Waals surface area contributed by atoms with Crippen molar-refractivity contribution in [2.24, 2.45) is 4.99 Å². The lowest BCUT2D eigenvalue weighted by atomic mass is 10.3. The van der Waals surface area contributed by atoms with Gasteiger partial charge in [0.05, 0.1) is 19.4 Å². The standard InChI is InChI=1S/C15H13ClN2OS2/c1-2-9-18-10-5-3-4-6-11(10)21-15(18)17-14(19)12-7-8-13(16)20-12/h3-8H,2,9H2,1H3. The molecule has 108 valence electrons. The molecule has 2 aromatic heterocycles. The topological polar surface area (TPSA) is 34.4 Å². The second-order valence-corrected chi connectivity index (χ2v) is 7.25. The molecule has 0 unspecified atom stereocenters. The molecule has 1 aromatic carbocycles. The lowest BCUT2D eigenvalue weighted by molar-refractivity contribution is 0.100. The van der Waals surface area contributed by atoms with Crippen LogP contribution in [0.5, 0.6) is 0 Å². The number of aryl methyl sites for hydroxylation is 1. The van der Waals surface area contributed by atoms with E-state index in [1.54, 1.807) is 23.5 Å². The number of para-hydroxylation sites is 1. The highest BCUT2D eigenvalue weighted by atomic mass is 35.5. The average molecular weight is 337 g/mol. The van der Waals surface area contributed by atoms with Gasteiger partial charge in [-0.1, -0.05) is 42.0 Å². The van der Waals surface area contributed by atoms with Gasteiger partial charge in [-0.2, -0.15) is 4.99 Å². The van der Waals surface area contributed by atoms with Crippen LogP contribution in [0, 0.1) is 0 Å². The van der Waals surface area contributed by atoms with Crippen LogP contribution in [0.4, 0.5) is 0 Å². The number of thiophene rings is 1. The fourth-order valence-corrected chi connectivity index (χ4v) is 4.10. The lowest BCUT2D eigenvalue weighted by Gasteiger charge is -2.01. The van der Waals surface area contributed by atoms with Crippen molar-refractivity contribution in [3.8, 4) is 0 Å². The number of hydrogen-bond donors (Lipinski definition) is 0. The minimum atomic E-state index is -0.233. The summed E-state index contributed by atoms with van der Waals surface area (Å²) in [5, 5.41) is 0. The molecule has 6 heteroatoms. The fourth-order valence-electron chi connectivity index (χ4n) is 2.12. The Kier molecular flexibility index (Phi) is 4.24. The van der Waals surface area contributed by atoms with Crippen LogP contribution in [0.25, 0.3) is 10.2 Å². The molecule has 0 radical (unpaired) electrons. The fraction of sp³-hybridized carbons (Fsp3) is 0.200. The highest BCUT2D eigenvalue weighted by molar-refractivity contribution is 7.18. The maximum atomic E-state index is 12.2. The number of fused-ring (bicyclic) bond motifs is 1. The molecule has 0 aliphatic carbocycles. The molecule has 0 N–H and O–H groups in total. The highest BCUT2D eigenvalue weighted by Gasteiger charge is 2.10. The van der Waals surface area contributed by atoms with Crippen molar-refractivity contribution < 1.29 is 4.79 Å². The van der Waals surface area contributed by atoms with E-state index < -0.39 is 0 Å². The third kappa shape index (κ3) is 2.95. The van der Waals surface area contributed by atoms with Crippen LogP contribution in [-0.2, 0) is 6.54 Å². The molecule has 0 atom stereocenters. The van der Waals surface area contributed by atoms with Crippen LogP contribution in [-0.4, -0.2) is 10.5 Å². The number of nitrogens with zero attached hydrogens (tertiary/aromatic N) is 2. The zero-order valence-corrected chi connectivity index (χ0v) is 13.8. The van der Waals surface area contributed by atoms with E-state index in [1.807, 2.05) is 12.1 Å². The normalized spacial score (nSPS) is 12.2. The van der Waals surface area contributed by atoms with E-state index in [1.165, 1.54) is 11.3 Å². The Hall–Kier alpha value is -1.43. The minimum Gasteiger partial charge on any atom is -0.316 e. The summed E-state index contributed by atoms with van der Waals surface area (Å²) >= 11 is 8.67. The van der Waals surface area contributed by atoms with Crippen LogP contribution < -0.4 is 4.80 Å². The maximum absolute atomic E-state index is 12.2. The summed E-state index contributed by atoms with van der Waals surface area (Å²) in [5.41, 5.74) is 1.13. The molecule has 21 heavy (non-hydrogen) atoms. The third-order valence-corrected chi connectivity index (χ3v) is 5.30. The van der Waals surface area contributed by atoms with Crippen molar-refractivity contribution in [2.75, 3.05) is 0 Å². The summed E-state index contributed by atoms with van der Waals surface area (Å²) < 4.78 is 3.85. The summed E-state index contributed by atoms with van der Waals surface area (Å²) in [4.78, 5) is 17.8. The van der Waals surface area contributed by atoms with E-state index in [-0.39, 0.29) is 5.91 Å². The van der Waals surface area contributed by atoms with Gasteiger partial charge >= 0.3 is 0 Å². The first-order valence-corrected chi connectivity index (χ1v) is 8.63. The maximum Gasteiger partial charge on any atom is 0.289 e. The van der Waals surface area contributed by atoms with Crippen LogP contribution in [0.3, 0.4) is 0 Å². The first-order chi connectivity index (χ1) is 10.2. The molecule has 1 amide bonds. The molecular formula is C15H13ClN2OS2. The van der Waals surface area contributed by atoms with Crippen molar-refractivity contribution in [1.82, 2.24) is 4.57 Å². The molecule has 3 aromatic rings. The Labute approximate surface area is 135 Å². The first kappa shape index (κ1) is 14.5. The summed E-state index contributed by atoms with van der Waals surface area (Å²) in [5.74, 6) is -0.233. The second-order valence-electron chi connectivity index (χ2n) is 4.52. The third-order valence-electron chi connectivity index (χ3n) is 3.02. The molecular weight excluding hydrogens is 324 g/mol. The van der Waals surface area contributed by atoms with Gasteiger partial charge in [-0.15, -0.1) is 11.3 Å². The number of aromatic nitrogens is 1. The molecule has 0 fully saturated rings. The zero-order valence-electron chi connectivity index (χ0n) is 11.4. The molecule has 3 nitrogen and oxygen atoms in total. The summed E-state index contributed by atoms with van der Waals surface area (Å²) in [7, 11) is 0. The number of carbonyl (C=O) groups is 1. The largest absolute Gasteiger partial charge is 0.316 e. The van der Waals surface area contributed by atoms with Crippen molar-refractivity contribution in [2.45, 2.75) is 19.9 Å². The Balaban J connectivity index is 2.12. The molecule has 0 saturated carbocycles. The molecule has 0 aliphatic heterocycles. The quantitative estimate of drug-likeness (QED) is 0.690. The summed E-state index contributed by atoms with van der Waals surface area (Å²) in [6.07, 6.45) is 0.993. The van der Waals surface area contributed by atoms with Gasteiger partial charge in [-0.3, -0.25) is 4.79 Å². The number of rotatable bonds is 3. The molecule has 3 rings (SSSR count). The van der Waals surface area contributed by atoms with Crippen molar-refractivity contribution in [3.05, 3.63) is 50.4 Å². The average Bonchev–Trinajstić information content (AvgIpc) is 3.04. The number of benzene rings is 1. The molecule has 0 saturated heterocycles.